The molecule has 1 aliphatic heterocycles. The molecule has 1 amide bonds. The SMILES string of the molecule is CCC#CCC[C@H](O)/C=C/[C@H]1CCC(=O)N1CCCCCCC(=O)O. The smallest absolute Gasteiger partial charge is 0.303 e. The second kappa shape index (κ2) is 12.5. The molecule has 2 N–H and O–H groups in total. The number of aliphatic hydroxyl groups excluding tert-OH is 1. The first-order valence-corrected chi connectivity index (χ1v) is 9.38. The maximum atomic E-state index is 12.0. The maximum Gasteiger partial charge on any atom is 0.303 e. The zero-order valence-electron chi connectivity index (χ0n) is 15.2. The van der Waals surface area contributed by atoms with Gasteiger partial charge in [-0.1, -0.05) is 31.9 Å². The zero-order chi connectivity index (χ0) is 18.5. The van der Waals surface area contributed by atoms with Crippen molar-refractivity contribution in [3.05, 3.63) is 12.2 Å². The molecule has 5 nitrogen and oxygen atoms in total. The van der Waals surface area contributed by atoms with Crippen molar-refractivity contribution < 1.29 is 19.8 Å². The fourth-order valence-electron chi connectivity index (χ4n) is 2.94. The summed E-state index contributed by atoms with van der Waals surface area (Å²) in [6.07, 6.45) is 10.3. The quantitative estimate of drug-likeness (QED) is 0.341. The molecule has 1 aliphatic rings. The Balaban J connectivity index is 2.31. The van der Waals surface area contributed by atoms with E-state index in [1.54, 1.807) is 6.08 Å². The van der Waals surface area contributed by atoms with Crippen LogP contribution >= 0.6 is 0 Å². The molecule has 140 valence electrons. The Morgan fingerprint density at radius 1 is 1.32 bits per heavy atom. The van der Waals surface area contributed by atoms with Crippen LogP contribution in [-0.4, -0.2) is 45.7 Å². The lowest BCUT2D eigenvalue weighted by molar-refractivity contribution is -0.137. The minimum absolute atomic E-state index is 0.0721. The van der Waals surface area contributed by atoms with Crippen LogP contribution in [0, 0.1) is 11.8 Å². The minimum atomic E-state index is -0.751. The Kier molecular flexibility index (Phi) is 10.7. The molecular weight excluding hydrogens is 318 g/mol. The number of amides is 1. The summed E-state index contributed by atoms with van der Waals surface area (Å²) >= 11 is 0. The van der Waals surface area contributed by atoms with Crippen molar-refractivity contribution in [2.24, 2.45) is 0 Å². The average Bonchev–Trinajstić information content (AvgIpc) is 2.93. The van der Waals surface area contributed by atoms with E-state index in [2.05, 4.69) is 11.8 Å². The van der Waals surface area contributed by atoms with Crippen molar-refractivity contribution >= 4 is 11.9 Å². The van der Waals surface area contributed by atoms with E-state index in [0.717, 1.165) is 32.1 Å². The third-order valence-corrected chi connectivity index (χ3v) is 4.34. The van der Waals surface area contributed by atoms with E-state index in [4.69, 9.17) is 5.11 Å². The lowest BCUT2D eigenvalue weighted by Gasteiger charge is -2.22. The van der Waals surface area contributed by atoms with E-state index in [1.807, 2.05) is 17.9 Å². The maximum absolute atomic E-state index is 12.0. The van der Waals surface area contributed by atoms with Crippen LogP contribution in [-0.2, 0) is 9.59 Å². The van der Waals surface area contributed by atoms with Crippen LogP contribution in [0.2, 0.25) is 0 Å². The Labute approximate surface area is 151 Å². The van der Waals surface area contributed by atoms with Crippen molar-refractivity contribution in [3.8, 4) is 11.8 Å². The predicted octanol–water partition coefficient (Wildman–Crippen LogP) is 3.12. The number of aliphatic carboxylic acids is 1. The van der Waals surface area contributed by atoms with Gasteiger partial charge in [0.05, 0.1) is 12.1 Å². The molecule has 1 rings (SSSR count). The van der Waals surface area contributed by atoms with Crippen LogP contribution in [0.4, 0.5) is 0 Å². The van der Waals surface area contributed by atoms with Crippen molar-refractivity contribution in [3.63, 3.8) is 0 Å². The molecule has 0 bridgehead atoms. The molecule has 1 heterocycles. The van der Waals surface area contributed by atoms with Crippen LogP contribution in [0.15, 0.2) is 12.2 Å². The molecule has 25 heavy (non-hydrogen) atoms. The first-order chi connectivity index (χ1) is 12.0. The van der Waals surface area contributed by atoms with E-state index >= 15 is 0 Å². The highest BCUT2D eigenvalue weighted by atomic mass is 16.4. The van der Waals surface area contributed by atoms with E-state index < -0.39 is 12.1 Å². The van der Waals surface area contributed by atoms with Crippen LogP contribution in [0.1, 0.15) is 71.1 Å². The molecule has 2 atom stereocenters. The van der Waals surface area contributed by atoms with Gasteiger partial charge in [-0.3, -0.25) is 9.59 Å². The fraction of sp³-hybridized carbons (Fsp3) is 0.700. The van der Waals surface area contributed by atoms with Gasteiger partial charge >= 0.3 is 5.97 Å². The number of carbonyl (C=O) groups excluding carboxylic acids is 1. The summed E-state index contributed by atoms with van der Waals surface area (Å²) in [6, 6.07) is 0.0721. The van der Waals surface area contributed by atoms with Crippen molar-refractivity contribution in [1.82, 2.24) is 4.90 Å². The van der Waals surface area contributed by atoms with Gasteiger partial charge in [0.1, 0.15) is 0 Å². The molecule has 1 fully saturated rings. The molecular formula is C20H31NO4. The van der Waals surface area contributed by atoms with Gasteiger partial charge in [-0.2, -0.15) is 0 Å². The molecule has 0 aromatic carbocycles. The van der Waals surface area contributed by atoms with E-state index in [-0.39, 0.29) is 18.4 Å². The van der Waals surface area contributed by atoms with Crippen molar-refractivity contribution in [2.75, 3.05) is 6.54 Å². The number of unbranched alkanes of at least 4 members (excludes halogenated alkanes) is 3. The number of carboxylic acid groups (broad SMARTS) is 1. The van der Waals surface area contributed by atoms with Crippen LogP contribution in [0.25, 0.3) is 0 Å². The van der Waals surface area contributed by atoms with Crippen molar-refractivity contribution in [1.29, 1.82) is 0 Å². The summed E-state index contributed by atoms with van der Waals surface area (Å²) in [5.74, 6) is 5.42. The predicted molar refractivity (Wildman–Crippen MR) is 97.9 cm³/mol. The van der Waals surface area contributed by atoms with Gasteiger partial charge in [0.15, 0.2) is 0 Å². The lowest BCUT2D eigenvalue weighted by atomic mass is 10.1. The largest absolute Gasteiger partial charge is 0.481 e. The second-order valence-electron chi connectivity index (χ2n) is 6.45. The number of aliphatic hydroxyl groups is 1. The number of nitrogens with zero attached hydrogens (tertiary/aromatic N) is 1. The number of hydrogen-bond acceptors (Lipinski definition) is 3. The minimum Gasteiger partial charge on any atom is -0.481 e. The Bertz CT molecular complexity index is 504. The lowest BCUT2D eigenvalue weighted by Crippen LogP contribution is -2.32. The Morgan fingerprint density at radius 2 is 2.08 bits per heavy atom. The fourth-order valence-corrected chi connectivity index (χ4v) is 2.94. The van der Waals surface area contributed by atoms with Gasteiger partial charge < -0.3 is 15.1 Å². The molecule has 0 aromatic heterocycles. The van der Waals surface area contributed by atoms with Crippen molar-refractivity contribution in [2.45, 2.75) is 83.3 Å². The molecule has 0 aliphatic carbocycles. The van der Waals surface area contributed by atoms with Gasteiger partial charge in [0, 0.05) is 32.2 Å². The Morgan fingerprint density at radius 3 is 2.80 bits per heavy atom. The van der Waals surface area contributed by atoms with Crippen LogP contribution in [0.5, 0.6) is 0 Å². The highest BCUT2D eigenvalue weighted by molar-refractivity contribution is 5.79. The zero-order valence-corrected chi connectivity index (χ0v) is 15.2. The number of carboxylic acids is 1. The molecule has 0 spiro atoms. The molecule has 0 unspecified atom stereocenters. The number of carbonyl (C=O) groups is 2. The normalized spacial score (nSPS) is 18.4. The summed E-state index contributed by atoms with van der Waals surface area (Å²) in [5, 5.41) is 18.6. The molecule has 0 aromatic rings. The third kappa shape index (κ3) is 9.31. The monoisotopic (exact) mass is 349 g/mol. The highest BCUT2D eigenvalue weighted by Gasteiger charge is 2.28. The summed E-state index contributed by atoms with van der Waals surface area (Å²) < 4.78 is 0. The molecule has 0 saturated carbocycles. The number of likely N-dealkylation sites (tertiary alicyclic amines) is 1. The van der Waals surface area contributed by atoms with E-state index in [0.29, 0.717) is 32.2 Å². The van der Waals surface area contributed by atoms with E-state index in [9.17, 15) is 14.7 Å². The first-order valence-electron chi connectivity index (χ1n) is 9.38. The Hall–Kier alpha value is -1.80. The first kappa shape index (κ1) is 21.2. The van der Waals surface area contributed by atoms with Gasteiger partial charge in [-0.15, -0.1) is 11.8 Å². The third-order valence-electron chi connectivity index (χ3n) is 4.34. The standard InChI is InChI=1S/C20H31NO4/c1-2-3-4-7-10-18(22)14-12-17-13-15-19(23)21(17)16-9-6-5-8-11-20(24)25/h12,14,17-18,22H,2,5-11,13,15-16H2,1H3,(H,24,25)/b14-12+/t17-,18-/m0/s1. The van der Waals surface area contributed by atoms with Gasteiger partial charge in [0.2, 0.25) is 5.91 Å². The molecule has 1 saturated heterocycles. The topological polar surface area (TPSA) is 77.8 Å². The summed E-state index contributed by atoms with van der Waals surface area (Å²) in [7, 11) is 0. The van der Waals surface area contributed by atoms with E-state index in [1.165, 1.54) is 0 Å². The number of rotatable bonds is 11. The molecule has 0 radical (unpaired) electrons. The summed E-state index contributed by atoms with van der Waals surface area (Å²) in [5.41, 5.74) is 0. The second-order valence-corrected chi connectivity index (χ2v) is 6.45. The van der Waals surface area contributed by atoms with Gasteiger partial charge in [0.25, 0.3) is 0 Å². The summed E-state index contributed by atoms with van der Waals surface area (Å²) in [6.45, 7) is 2.71. The summed E-state index contributed by atoms with van der Waals surface area (Å²) in [4.78, 5) is 24.4. The molecule has 5 heteroatoms. The van der Waals surface area contributed by atoms with Gasteiger partial charge in [-0.25, -0.2) is 0 Å². The van der Waals surface area contributed by atoms with Crippen LogP contribution < -0.4 is 0 Å². The number of hydrogen-bond donors (Lipinski definition) is 2. The highest BCUT2D eigenvalue weighted by Crippen LogP contribution is 2.21. The van der Waals surface area contributed by atoms with Crippen LogP contribution in [0.3, 0.4) is 0 Å². The van der Waals surface area contributed by atoms with Gasteiger partial charge in [-0.05, 0) is 25.7 Å². The average molecular weight is 349 g/mol.